The topological polar surface area (TPSA) is 39.9 Å². The van der Waals surface area contributed by atoms with E-state index in [0.29, 0.717) is 6.54 Å². The summed E-state index contributed by atoms with van der Waals surface area (Å²) in [6.45, 7) is 2.70. The van der Waals surface area contributed by atoms with Crippen molar-refractivity contribution in [3.05, 3.63) is 53.0 Å². The van der Waals surface area contributed by atoms with Crippen LogP contribution in [0.3, 0.4) is 0 Å². The highest BCUT2D eigenvalue weighted by molar-refractivity contribution is 7.13. The number of rotatable bonds is 4. The van der Waals surface area contributed by atoms with Gasteiger partial charge < -0.3 is 4.74 Å². The van der Waals surface area contributed by atoms with Gasteiger partial charge in [-0.3, -0.25) is 0 Å². The van der Waals surface area contributed by atoms with E-state index in [-0.39, 0.29) is 0 Å². The van der Waals surface area contributed by atoms with Crippen molar-refractivity contribution in [2.75, 3.05) is 7.11 Å². The number of hydrogen-bond acceptors (Lipinski definition) is 4. The van der Waals surface area contributed by atoms with Crippen molar-refractivity contribution < 1.29 is 4.74 Å². The summed E-state index contributed by atoms with van der Waals surface area (Å²) in [5.41, 5.74) is 3.23. The Morgan fingerprint density at radius 3 is 2.65 bits per heavy atom. The molecule has 0 bridgehead atoms. The van der Waals surface area contributed by atoms with Crippen molar-refractivity contribution >= 4 is 11.3 Å². The molecule has 0 amide bonds. The molecule has 5 heteroatoms. The maximum Gasteiger partial charge on any atom is 0.118 e. The molecule has 0 fully saturated rings. The molecule has 3 rings (SSSR count). The van der Waals surface area contributed by atoms with Gasteiger partial charge in [-0.15, -0.1) is 16.4 Å². The normalized spacial score (nSPS) is 10.7. The molecule has 0 aliphatic carbocycles. The average Bonchev–Trinajstić information content (AvgIpc) is 3.10. The minimum Gasteiger partial charge on any atom is -0.497 e. The zero-order valence-electron chi connectivity index (χ0n) is 11.4. The monoisotopic (exact) mass is 285 g/mol. The fourth-order valence-electron chi connectivity index (χ4n) is 2.13. The van der Waals surface area contributed by atoms with Crippen molar-refractivity contribution in [2.24, 2.45) is 0 Å². The lowest BCUT2D eigenvalue weighted by atomic mass is 10.2. The average molecular weight is 285 g/mol. The molecule has 0 N–H and O–H groups in total. The van der Waals surface area contributed by atoms with Crippen molar-refractivity contribution in [1.82, 2.24) is 15.0 Å². The van der Waals surface area contributed by atoms with Gasteiger partial charge in [0.2, 0.25) is 0 Å². The quantitative estimate of drug-likeness (QED) is 0.738. The molecule has 2 aromatic heterocycles. The molecule has 4 nitrogen and oxygen atoms in total. The van der Waals surface area contributed by atoms with Crippen LogP contribution in [-0.4, -0.2) is 22.1 Å². The lowest BCUT2D eigenvalue weighted by Gasteiger charge is -2.06. The van der Waals surface area contributed by atoms with E-state index in [2.05, 4.69) is 21.8 Å². The van der Waals surface area contributed by atoms with Crippen LogP contribution in [0.1, 0.15) is 11.3 Å². The SMILES string of the molecule is COc1ccc(Cn2nnc(C)c2-c2cccs2)cc1. The number of aryl methyl sites for hydroxylation is 1. The highest BCUT2D eigenvalue weighted by atomic mass is 32.1. The fourth-order valence-corrected chi connectivity index (χ4v) is 2.96. The summed E-state index contributed by atoms with van der Waals surface area (Å²) in [6.07, 6.45) is 0. The van der Waals surface area contributed by atoms with Crippen LogP contribution in [0, 0.1) is 6.92 Å². The van der Waals surface area contributed by atoms with E-state index in [9.17, 15) is 0 Å². The van der Waals surface area contributed by atoms with Crippen molar-refractivity contribution in [3.8, 4) is 16.3 Å². The summed E-state index contributed by atoms with van der Waals surface area (Å²) in [4.78, 5) is 1.20. The summed E-state index contributed by atoms with van der Waals surface area (Å²) in [5.74, 6) is 0.863. The molecule has 0 saturated heterocycles. The van der Waals surface area contributed by atoms with Crippen LogP contribution >= 0.6 is 11.3 Å². The Bertz CT molecular complexity index is 686. The number of aromatic nitrogens is 3. The Hall–Kier alpha value is -2.14. The van der Waals surface area contributed by atoms with Crippen LogP contribution in [-0.2, 0) is 6.54 Å². The Labute approximate surface area is 121 Å². The van der Waals surface area contributed by atoms with Crippen molar-refractivity contribution in [3.63, 3.8) is 0 Å². The maximum atomic E-state index is 5.17. The Morgan fingerprint density at radius 2 is 2.00 bits per heavy atom. The molecule has 20 heavy (non-hydrogen) atoms. The molecule has 0 spiro atoms. The fraction of sp³-hybridized carbons (Fsp3) is 0.200. The molecule has 102 valence electrons. The first-order chi connectivity index (χ1) is 9.78. The van der Waals surface area contributed by atoms with Crippen LogP contribution < -0.4 is 4.74 Å². The summed E-state index contributed by atoms with van der Waals surface area (Å²) in [5, 5.41) is 10.5. The molecular formula is C15H15N3OS. The van der Waals surface area contributed by atoms with Gasteiger partial charge in [-0.05, 0) is 36.1 Å². The van der Waals surface area contributed by atoms with E-state index in [0.717, 1.165) is 17.1 Å². The van der Waals surface area contributed by atoms with Crippen molar-refractivity contribution in [2.45, 2.75) is 13.5 Å². The number of ether oxygens (including phenoxy) is 1. The zero-order chi connectivity index (χ0) is 13.9. The molecule has 2 heterocycles. The van der Waals surface area contributed by atoms with Gasteiger partial charge in [-0.25, -0.2) is 4.68 Å². The van der Waals surface area contributed by atoms with Gasteiger partial charge in [0.05, 0.1) is 24.2 Å². The van der Waals surface area contributed by atoms with E-state index < -0.39 is 0 Å². The van der Waals surface area contributed by atoms with Crippen LogP contribution in [0.2, 0.25) is 0 Å². The first-order valence-electron chi connectivity index (χ1n) is 6.35. The highest BCUT2D eigenvalue weighted by Gasteiger charge is 2.12. The number of benzene rings is 1. The third kappa shape index (κ3) is 2.44. The minimum absolute atomic E-state index is 0.706. The third-order valence-electron chi connectivity index (χ3n) is 3.15. The van der Waals surface area contributed by atoms with Gasteiger partial charge >= 0.3 is 0 Å². The van der Waals surface area contributed by atoms with Crippen molar-refractivity contribution in [1.29, 1.82) is 0 Å². The van der Waals surface area contributed by atoms with Crippen LogP contribution in [0.4, 0.5) is 0 Å². The third-order valence-corrected chi connectivity index (χ3v) is 4.03. The second-order valence-corrected chi connectivity index (χ2v) is 5.45. The first kappa shape index (κ1) is 12.9. The molecule has 1 aromatic carbocycles. The molecule has 0 aliphatic rings. The van der Waals surface area contributed by atoms with Crippen LogP contribution in [0.15, 0.2) is 41.8 Å². The molecule has 0 atom stereocenters. The van der Waals surface area contributed by atoms with E-state index in [1.165, 1.54) is 10.4 Å². The Balaban J connectivity index is 1.91. The number of methoxy groups -OCH3 is 1. The Kier molecular flexibility index (Phi) is 3.52. The molecule has 3 aromatic rings. The summed E-state index contributed by atoms with van der Waals surface area (Å²) >= 11 is 1.70. The minimum atomic E-state index is 0.706. The molecule has 0 radical (unpaired) electrons. The first-order valence-corrected chi connectivity index (χ1v) is 7.23. The zero-order valence-corrected chi connectivity index (χ0v) is 12.2. The van der Waals surface area contributed by atoms with Gasteiger partial charge in [-0.2, -0.15) is 0 Å². The van der Waals surface area contributed by atoms with Crippen LogP contribution in [0.5, 0.6) is 5.75 Å². The molecule has 0 unspecified atom stereocenters. The standard InChI is InChI=1S/C15H15N3OS/c1-11-15(14-4-3-9-20-14)18(17-16-11)10-12-5-7-13(19-2)8-6-12/h3-9H,10H2,1-2H3. The number of thiophene rings is 1. The van der Waals surface area contributed by atoms with Gasteiger partial charge in [0.25, 0.3) is 0 Å². The largest absolute Gasteiger partial charge is 0.497 e. The van der Waals surface area contributed by atoms with E-state index in [1.54, 1.807) is 18.4 Å². The lowest BCUT2D eigenvalue weighted by Crippen LogP contribution is -2.03. The molecule has 0 saturated carbocycles. The summed E-state index contributed by atoms with van der Waals surface area (Å²) < 4.78 is 7.12. The van der Waals surface area contributed by atoms with Gasteiger partial charge in [-0.1, -0.05) is 23.4 Å². The van der Waals surface area contributed by atoms with E-state index >= 15 is 0 Å². The summed E-state index contributed by atoms with van der Waals surface area (Å²) in [6, 6.07) is 12.2. The van der Waals surface area contributed by atoms with Gasteiger partial charge in [0.1, 0.15) is 11.4 Å². The summed E-state index contributed by atoms with van der Waals surface area (Å²) in [7, 11) is 1.67. The van der Waals surface area contributed by atoms with E-state index in [1.807, 2.05) is 41.9 Å². The van der Waals surface area contributed by atoms with Gasteiger partial charge in [0.15, 0.2) is 0 Å². The molecular weight excluding hydrogens is 270 g/mol. The smallest absolute Gasteiger partial charge is 0.118 e. The lowest BCUT2D eigenvalue weighted by molar-refractivity contribution is 0.414. The Morgan fingerprint density at radius 1 is 1.20 bits per heavy atom. The predicted molar refractivity (Wildman–Crippen MR) is 80.2 cm³/mol. The van der Waals surface area contributed by atoms with E-state index in [4.69, 9.17) is 4.74 Å². The molecule has 0 aliphatic heterocycles. The van der Waals surface area contributed by atoms with Crippen LogP contribution in [0.25, 0.3) is 10.6 Å². The number of hydrogen-bond donors (Lipinski definition) is 0. The highest BCUT2D eigenvalue weighted by Crippen LogP contribution is 2.27. The number of nitrogens with zero attached hydrogens (tertiary/aromatic N) is 3. The predicted octanol–water partition coefficient (Wildman–Crippen LogP) is 3.37. The second kappa shape index (κ2) is 5.46. The van der Waals surface area contributed by atoms with Gasteiger partial charge in [0, 0.05) is 0 Å². The maximum absolute atomic E-state index is 5.17. The second-order valence-electron chi connectivity index (χ2n) is 4.51.